The summed E-state index contributed by atoms with van der Waals surface area (Å²) in [5.41, 5.74) is 0. The summed E-state index contributed by atoms with van der Waals surface area (Å²) in [6.45, 7) is 4.54. The third-order valence-electron chi connectivity index (χ3n) is 17.0. The lowest BCUT2D eigenvalue weighted by Gasteiger charge is -2.21. The SMILES string of the molecule is CC/C=C\C/C=C\C/C=C\C/C=C\C/C=C\C/C=C\CCC(=O)O[C@H](COC(=O)CCCCCCC/C=C\CCCCCCCC)COP(=O)(O)OC[C@H](O)COP(=O)(O)OC[C@@H](COC(=O)CC/C=C\C/C=C\C/C=C\C/C=C\C/C=C\CCCCC)OC(=O)CCCCCCCCC/C=C\CCCCCC. The van der Waals surface area contributed by atoms with Gasteiger partial charge in [-0.15, -0.1) is 0 Å². The average molecular weight is 1550 g/mol. The van der Waals surface area contributed by atoms with Crippen molar-refractivity contribution in [2.45, 2.75) is 341 Å². The van der Waals surface area contributed by atoms with Crippen molar-refractivity contribution in [1.82, 2.24) is 0 Å². The van der Waals surface area contributed by atoms with Gasteiger partial charge in [0.2, 0.25) is 0 Å². The van der Waals surface area contributed by atoms with Gasteiger partial charge in [-0.25, -0.2) is 9.13 Å². The van der Waals surface area contributed by atoms with Crippen LogP contribution in [0.4, 0.5) is 0 Å². The van der Waals surface area contributed by atoms with E-state index in [4.69, 9.17) is 37.0 Å². The van der Waals surface area contributed by atoms with Gasteiger partial charge in [-0.1, -0.05) is 301 Å². The highest BCUT2D eigenvalue weighted by molar-refractivity contribution is 7.47. The van der Waals surface area contributed by atoms with E-state index >= 15 is 0 Å². The first kappa shape index (κ1) is 103. The maximum Gasteiger partial charge on any atom is 0.472 e. The van der Waals surface area contributed by atoms with Gasteiger partial charge in [0, 0.05) is 25.7 Å². The molecule has 108 heavy (non-hydrogen) atoms. The van der Waals surface area contributed by atoms with Crippen molar-refractivity contribution in [3.63, 3.8) is 0 Å². The number of esters is 4. The fraction of sp³-hybridized carbons (Fsp3) is 0.663. The quantitative estimate of drug-likeness (QED) is 0.0169. The van der Waals surface area contributed by atoms with E-state index in [0.29, 0.717) is 38.5 Å². The molecule has 0 aromatic rings. The van der Waals surface area contributed by atoms with Crippen molar-refractivity contribution >= 4 is 39.5 Å². The number of phosphoric acid groups is 2. The zero-order chi connectivity index (χ0) is 78.9. The van der Waals surface area contributed by atoms with Crippen molar-refractivity contribution in [3.8, 4) is 0 Å². The molecule has 0 radical (unpaired) electrons. The molecule has 0 fully saturated rings. The van der Waals surface area contributed by atoms with Crippen LogP contribution in [-0.4, -0.2) is 96.7 Å². The highest BCUT2D eigenvalue weighted by Gasteiger charge is 2.30. The van der Waals surface area contributed by atoms with E-state index in [1.165, 1.54) is 83.5 Å². The van der Waals surface area contributed by atoms with Crippen LogP contribution in [-0.2, 0) is 65.4 Å². The Labute approximate surface area is 655 Å². The molecule has 0 aliphatic rings. The van der Waals surface area contributed by atoms with Crippen molar-refractivity contribution in [2.75, 3.05) is 39.6 Å². The fourth-order valence-corrected chi connectivity index (χ4v) is 12.2. The zero-order valence-electron chi connectivity index (χ0n) is 67.5. The smallest absolute Gasteiger partial charge is 0.462 e. The van der Waals surface area contributed by atoms with Gasteiger partial charge in [-0.2, -0.15) is 0 Å². The molecule has 0 amide bonds. The number of aliphatic hydroxyl groups is 1. The number of phosphoric ester groups is 2. The Morgan fingerprint density at radius 3 is 0.852 bits per heavy atom. The van der Waals surface area contributed by atoms with Crippen LogP contribution in [0.15, 0.2) is 158 Å². The minimum atomic E-state index is -5.01. The molecule has 0 saturated carbocycles. The van der Waals surface area contributed by atoms with Gasteiger partial charge >= 0.3 is 39.5 Å². The molecule has 5 atom stereocenters. The Kier molecular flexibility index (Phi) is 75.8. The van der Waals surface area contributed by atoms with Crippen LogP contribution < -0.4 is 0 Å². The number of allylic oxidation sites excluding steroid dienone is 26. The summed E-state index contributed by atoms with van der Waals surface area (Å²) in [6, 6.07) is 0. The maximum absolute atomic E-state index is 13.1. The number of hydrogen-bond acceptors (Lipinski definition) is 15. The summed E-state index contributed by atoms with van der Waals surface area (Å²) in [5.74, 6) is -2.39. The average Bonchev–Trinajstić information content (AvgIpc) is 0.899. The molecular formula is C89H148O17P2. The van der Waals surface area contributed by atoms with E-state index in [1.807, 2.05) is 30.4 Å². The number of carbonyl (C=O) groups is 4. The first-order valence-electron chi connectivity index (χ1n) is 41.7. The summed E-state index contributed by atoms with van der Waals surface area (Å²) >= 11 is 0. The lowest BCUT2D eigenvalue weighted by molar-refractivity contribution is -0.161. The Morgan fingerprint density at radius 1 is 0.269 bits per heavy atom. The Bertz CT molecular complexity index is 2660. The van der Waals surface area contributed by atoms with Crippen molar-refractivity contribution in [2.24, 2.45) is 0 Å². The van der Waals surface area contributed by atoms with Crippen LogP contribution in [0, 0.1) is 0 Å². The molecule has 0 aliphatic heterocycles. The molecular weight excluding hydrogens is 1400 g/mol. The minimum Gasteiger partial charge on any atom is -0.462 e. The lowest BCUT2D eigenvalue weighted by atomic mass is 10.1. The Balaban J connectivity index is 5.51. The van der Waals surface area contributed by atoms with E-state index in [0.717, 1.165) is 148 Å². The fourth-order valence-electron chi connectivity index (χ4n) is 10.6. The molecule has 0 heterocycles. The molecule has 616 valence electrons. The molecule has 0 spiro atoms. The number of ether oxygens (including phenoxy) is 4. The molecule has 0 rings (SSSR count). The summed E-state index contributed by atoms with van der Waals surface area (Å²) in [7, 11) is -10.0. The number of unbranched alkanes of at least 4 members (excludes halogenated alkanes) is 25. The van der Waals surface area contributed by atoms with Gasteiger partial charge in [-0.05, 0) is 154 Å². The van der Waals surface area contributed by atoms with Crippen LogP contribution in [0.5, 0.6) is 0 Å². The van der Waals surface area contributed by atoms with Crippen LogP contribution in [0.25, 0.3) is 0 Å². The second kappa shape index (κ2) is 79.8. The first-order valence-corrected chi connectivity index (χ1v) is 44.7. The Morgan fingerprint density at radius 2 is 0.500 bits per heavy atom. The highest BCUT2D eigenvalue weighted by Crippen LogP contribution is 2.45. The molecule has 3 N–H and O–H groups in total. The number of carbonyl (C=O) groups excluding carboxylic acids is 4. The van der Waals surface area contributed by atoms with Crippen LogP contribution in [0.3, 0.4) is 0 Å². The molecule has 0 aromatic carbocycles. The number of aliphatic hydroxyl groups excluding tert-OH is 1. The van der Waals surface area contributed by atoms with Crippen molar-refractivity contribution < 1.29 is 80.2 Å². The first-order chi connectivity index (χ1) is 52.7. The standard InChI is InChI=1S/C89H148O17P2/c1-5-9-13-17-21-25-29-33-37-39-41-43-47-50-54-58-62-66-70-74-87(92)100-80-84(105-88(93)75-71-67-63-59-55-51-46-36-32-28-24-20-16-12-8-4)81-103-107(95,96)101-77-83(90)78-102-108(97,98)104-82-85(79-99-86(91)73-69-65-61-57-53-49-45-35-31-27-23-19-15-11-7-3)106-89(94)76-72-68-64-60-56-52-48-44-42-40-38-34-30-26-22-18-14-10-6-2/h10,14,21-22,25-26,28,32-35,37-38,41-45,50,52,54,56,62,64,66,68,83-85,90H,5-9,11-13,15-20,23-24,27,29-31,36,39-40,46-49,51,53,55,57-61,63,65,67,69-82H2,1-4H3,(H,95,96)(H,97,98)/b14-10-,25-21-,26-22-,32-28-,37-33-,38-34-,43-41-,44-42-,45-35-,54-50-,56-52-,66-62-,68-64-/t83-,84-,85-/m1/s1. The second-order valence-corrected chi connectivity index (χ2v) is 30.2. The van der Waals surface area contributed by atoms with Crippen molar-refractivity contribution in [3.05, 3.63) is 158 Å². The third-order valence-corrected chi connectivity index (χ3v) is 18.9. The van der Waals surface area contributed by atoms with Crippen LogP contribution >= 0.6 is 15.6 Å². The monoisotopic (exact) mass is 1550 g/mol. The molecule has 0 aliphatic carbocycles. The summed E-state index contributed by atoms with van der Waals surface area (Å²) in [4.78, 5) is 73.1. The van der Waals surface area contributed by atoms with E-state index in [2.05, 4.69) is 155 Å². The molecule has 17 nitrogen and oxygen atoms in total. The van der Waals surface area contributed by atoms with Gasteiger partial charge in [0.25, 0.3) is 0 Å². The predicted octanol–water partition coefficient (Wildman–Crippen LogP) is 24.8. The minimum absolute atomic E-state index is 0.0318. The molecule has 0 bridgehead atoms. The normalized spacial score (nSPS) is 14.6. The van der Waals surface area contributed by atoms with E-state index in [-0.39, 0.29) is 25.7 Å². The van der Waals surface area contributed by atoms with Gasteiger partial charge in [-0.3, -0.25) is 37.3 Å². The van der Waals surface area contributed by atoms with E-state index in [9.17, 15) is 43.2 Å². The van der Waals surface area contributed by atoms with Crippen LogP contribution in [0.1, 0.15) is 323 Å². The number of rotatable bonds is 77. The van der Waals surface area contributed by atoms with E-state index < -0.39 is 97.5 Å². The molecule has 2 unspecified atom stereocenters. The molecule has 0 aromatic heterocycles. The predicted molar refractivity (Wildman–Crippen MR) is 445 cm³/mol. The second-order valence-electron chi connectivity index (χ2n) is 27.3. The van der Waals surface area contributed by atoms with Gasteiger partial charge in [0.1, 0.15) is 19.3 Å². The van der Waals surface area contributed by atoms with Crippen LogP contribution in [0.2, 0.25) is 0 Å². The third kappa shape index (κ3) is 78.8. The molecule has 0 saturated heterocycles. The largest absolute Gasteiger partial charge is 0.472 e. The highest BCUT2D eigenvalue weighted by atomic mass is 31.2. The lowest BCUT2D eigenvalue weighted by Crippen LogP contribution is -2.30. The Hall–Kier alpha value is -5.32. The maximum atomic E-state index is 13.1. The summed E-state index contributed by atoms with van der Waals surface area (Å²) < 4.78 is 68.5. The van der Waals surface area contributed by atoms with Crippen molar-refractivity contribution in [1.29, 1.82) is 0 Å². The van der Waals surface area contributed by atoms with Gasteiger partial charge < -0.3 is 33.8 Å². The van der Waals surface area contributed by atoms with Gasteiger partial charge in [0.15, 0.2) is 12.2 Å². The topological polar surface area (TPSA) is 237 Å². The number of hydrogen-bond donors (Lipinski definition) is 3. The molecule has 19 heteroatoms. The van der Waals surface area contributed by atoms with E-state index in [1.54, 1.807) is 0 Å². The summed E-state index contributed by atoms with van der Waals surface area (Å²) in [5, 5.41) is 10.7. The summed E-state index contributed by atoms with van der Waals surface area (Å²) in [6.07, 6.45) is 93.9. The van der Waals surface area contributed by atoms with Gasteiger partial charge in [0.05, 0.1) is 26.4 Å². The zero-order valence-corrected chi connectivity index (χ0v) is 69.3.